The summed E-state index contributed by atoms with van der Waals surface area (Å²) in [5.74, 6) is -4.61. The van der Waals surface area contributed by atoms with E-state index in [1.807, 2.05) is 0 Å². The van der Waals surface area contributed by atoms with Crippen LogP contribution in [0.5, 0.6) is 0 Å². The van der Waals surface area contributed by atoms with Crippen LogP contribution in [0.4, 0.5) is 8.78 Å². The first-order valence-electron chi connectivity index (χ1n) is 5.16. The van der Waals surface area contributed by atoms with E-state index >= 15 is 0 Å². The number of benzene rings is 1. The number of rotatable bonds is 5. The van der Waals surface area contributed by atoms with E-state index in [0.29, 0.717) is 12.1 Å². The van der Waals surface area contributed by atoms with E-state index in [1.54, 1.807) is 0 Å². The molecule has 0 spiro atoms. The van der Waals surface area contributed by atoms with Crippen LogP contribution < -0.4 is 5.32 Å². The lowest BCUT2D eigenvalue weighted by molar-refractivity contribution is -0.146. The largest absolute Gasteiger partial charge is 0.479 e. The normalized spacial score (nSPS) is 12.0. The molecule has 0 aliphatic heterocycles. The number of carboxylic acids is 1. The van der Waals surface area contributed by atoms with Crippen molar-refractivity contribution in [1.29, 1.82) is 0 Å². The van der Waals surface area contributed by atoms with Crippen molar-refractivity contribution in [2.45, 2.75) is 12.5 Å². The number of nitrogens with one attached hydrogen (secondary N) is 1. The quantitative estimate of drug-likeness (QED) is 0.712. The second kappa shape index (κ2) is 6.44. The molecule has 104 valence electrons. The molecule has 5 nitrogen and oxygen atoms in total. The zero-order valence-corrected chi connectivity index (χ0v) is 10.2. The monoisotopic (exact) mass is 293 g/mol. The fourth-order valence-electron chi connectivity index (χ4n) is 1.24. The summed E-state index contributed by atoms with van der Waals surface area (Å²) in [4.78, 5) is 21.9. The van der Waals surface area contributed by atoms with Gasteiger partial charge in [-0.3, -0.25) is 4.79 Å². The Hall–Kier alpha value is -1.73. The first-order chi connectivity index (χ1) is 8.82. The van der Waals surface area contributed by atoms with Gasteiger partial charge in [0.05, 0.1) is 10.6 Å². The molecule has 0 aliphatic carbocycles. The minimum absolute atomic E-state index is 0.151. The molecule has 0 aliphatic rings. The average Bonchev–Trinajstić information content (AvgIpc) is 2.33. The number of hydrogen-bond acceptors (Lipinski definition) is 3. The van der Waals surface area contributed by atoms with E-state index in [-0.39, 0.29) is 23.6 Å². The van der Waals surface area contributed by atoms with Crippen molar-refractivity contribution in [2.75, 3.05) is 6.54 Å². The minimum atomic E-state index is -1.61. The number of carboxylic acid groups (broad SMARTS) is 1. The second-order valence-corrected chi connectivity index (χ2v) is 4.05. The summed E-state index contributed by atoms with van der Waals surface area (Å²) < 4.78 is 25.7. The topological polar surface area (TPSA) is 86.6 Å². The molecule has 1 aromatic carbocycles. The number of aliphatic carboxylic acids is 1. The maximum Gasteiger partial charge on any atom is 0.332 e. The van der Waals surface area contributed by atoms with Crippen molar-refractivity contribution in [2.24, 2.45) is 0 Å². The third kappa shape index (κ3) is 4.15. The Morgan fingerprint density at radius 3 is 2.47 bits per heavy atom. The third-order valence-corrected chi connectivity index (χ3v) is 2.56. The number of aliphatic hydroxyl groups excluding tert-OH is 1. The Morgan fingerprint density at radius 1 is 1.32 bits per heavy atom. The molecule has 1 unspecified atom stereocenters. The molecular formula is C11H10ClF2NO4. The first kappa shape index (κ1) is 15.3. The summed E-state index contributed by atoms with van der Waals surface area (Å²) in [5.41, 5.74) is -0.273. The van der Waals surface area contributed by atoms with Gasteiger partial charge in [0.25, 0.3) is 5.91 Å². The maximum absolute atomic E-state index is 12.9. The Bertz CT molecular complexity index is 510. The number of carbonyl (C=O) groups is 2. The summed E-state index contributed by atoms with van der Waals surface area (Å²) in [5, 5.41) is 19.3. The van der Waals surface area contributed by atoms with Crippen LogP contribution in [-0.2, 0) is 4.79 Å². The van der Waals surface area contributed by atoms with E-state index in [2.05, 4.69) is 5.32 Å². The zero-order valence-electron chi connectivity index (χ0n) is 9.49. The fourth-order valence-corrected chi connectivity index (χ4v) is 1.47. The van der Waals surface area contributed by atoms with Gasteiger partial charge in [-0.1, -0.05) is 11.6 Å². The lowest BCUT2D eigenvalue weighted by atomic mass is 10.2. The van der Waals surface area contributed by atoms with Crippen LogP contribution in [-0.4, -0.2) is 34.7 Å². The van der Waals surface area contributed by atoms with Crippen molar-refractivity contribution in [3.05, 3.63) is 34.4 Å². The second-order valence-electron chi connectivity index (χ2n) is 3.64. The number of halogens is 3. The first-order valence-corrected chi connectivity index (χ1v) is 5.54. The Labute approximate surface area is 111 Å². The lowest BCUT2D eigenvalue weighted by Gasteiger charge is -2.08. The minimum Gasteiger partial charge on any atom is -0.479 e. The van der Waals surface area contributed by atoms with Crippen LogP contribution >= 0.6 is 11.6 Å². The molecule has 0 radical (unpaired) electrons. The standard InChI is InChI=1S/C11H10ClF2NO4/c12-6-4-8(14)7(13)3-5(6)10(17)15-2-1-9(16)11(18)19/h3-4,9,16H,1-2H2,(H,15,17)(H,18,19). The number of hydrogen-bond donors (Lipinski definition) is 3. The smallest absolute Gasteiger partial charge is 0.332 e. The summed E-state index contributed by atoms with van der Waals surface area (Å²) in [6.07, 6.45) is -1.83. The van der Waals surface area contributed by atoms with Gasteiger partial charge < -0.3 is 15.5 Å². The van der Waals surface area contributed by atoms with Crippen LogP contribution in [0.25, 0.3) is 0 Å². The zero-order chi connectivity index (χ0) is 14.6. The molecule has 0 saturated heterocycles. The molecule has 1 atom stereocenters. The Kier molecular flexibility index (Phi) is 5.20. The van der Waals surface area contributed by atoms with E-state index in [1.165, 1.54) is 0 Å². The van der Waals surface area contributed by atoms with Gasteiger partial charge in [0.2, 0.25) is 0 Å². The van der Waals surface area contributed by atoms with Crippen molar-refractivity contribution in [1.82, 2.24) is 5.32 Å². The van der Waals surface area contributed by atoms with Gasteiger partial charge in [0.1, 0.15) is 0 Å². The third-order valence-electron chi connectivity index (χ3n) is 2.24. The highest BCUT2D eigenvalue weighted by Gasteiger charge is 2.16. The lowest BCUT2D eigenvalue weighted by Crippen LogP contribution is -2.30. The van der Waals surface area contributed by atoms with Crippen LogP contribution in [0.15, 0.2) is 12.1 Å². The highest BCUT2D eigenvalue weighted by atomic mass is 35.5. The summed E-state index contributed by atoms with van der Waals surface area (Å²) in [7, 11) is 0. The van der Waals surface area contributed by atoms with Crippen LogP contribution in [0.3, 0.4) is 0 Å². The molecule has 1 rings (SSSR count). The van der Waals surface area contributed by atoms with Crippen LogP contribution in [0.1, 0.15) is 16.8 Å². The highest BCUT2D eigenvalue weighted by Crippen LogP contribution is 2.19. The van der Waals surface area contributed by atoms with Gasteiger partial charge in [-0.05, 0) is 12.1 Å². The molecule has 0 aromatic heterocycles. The number of aliphatic hydroxyl groups is 1. The predicted octanol–water partition coefficient (Wildman–Crippen LogP) is 1.18. The van der Waals surface area contributed by atoms with Crippen molar-refractivity contribution < 1.29 is 28.6 Å². The highest BCUT2D eigenvalue weighted by molar-refractivity contribution is 6.33. The summed E-state index contributed by atoms with van der Waals surface area (Å²) in [6.45, 7) is -0.151. The molecule has 8 heteroatoms. The van der Waals surface area contributed by atoms with Crippen LogP contribution in [0.2, 0.25) is 5.02 Å². The maximum atomic E-state index is 12.9. The molecule has 3 N–H and O–H groups in total. The summed E-state index contributed by atoms with van der Waals surface area (Å²) in [6, 6.07) is 1.30. The molecule has 0 saturated carbocycles. The van der Waals surface area contributed by atoms with Gasteiger partial charge in [0.15, 0.2) is 17.7 Å². The predicted molar refractivity (Wildman–Crippen MR) is 62.0 cm³/mol. The van der Waals surface area contributed by atoms with Crippen molar-refractivity contribution in [3.8, 4) is 0 Å². The molecule has 1 amide bonds. The number of amides is 1. The number of carbonyl (C=O) groups excluding carboxylic acids is 1. The molecule has 0 bridgehead atoms. The van der Waals surface area contributed by atoms with E-state index in [9.17, 15) is 18.4 Å². The molecule has 0 fully saturated rings. The van der Waals surface area contributed by atoms with E-state index in [0.717, 1.165) is 0 Å². The SMILES string of the molecule is O=C(NCCC(O)C(=O)O)c1cc(F)c(F)cc1Cl. The fraction of sp³-hybridized carbons (Fsp3) is 0.273. The van der Waals surface area contributed by atoms with Crippen molar-refractivity contribution >= 4 is 23.5 Å². The van der Waals surface area contributed by atoms with Gasteiger partial charge in [-0.2, -0.15) is 0 Å². The van der Waals surface area contributed by atoms with Gasteiger partial charge in [0, 0.05) is 13.0 Å². The average molecular weight is 294 g/mol. The molecular weight excluding hydrogens is 284 g/mol. The van der Waals surface area contributed by atoms with Gasteiger partial charge in [-0.15, -0.1) is 0 Å². The molecule has 19 heavy (non-hydrogen) atoms. The molecule has 1 aromatic rings. The Morgan fingerprint density at radius 2 is 1.89 bits per heavy atom. The van der Waals surface area contributed by atoms with Crippen molar-refractivity contribution in [3.63, 3.8) is 0 Å². The Balaban J connectivity index is 2.64. The van der Waals surface area contributed by atoms with E-state index < -0.39 is 29.6 Å². The van der Waals surface area contributed by atoms with Gasteiger partial charge >= 0.3 is 5.97 Å². The van der Waals surface area contributed by atoms with Crippen LogP contribution in [0, 0.1) is 11.6 Å². The van der Waals surface area contributed by atoms with E-state index in [4.69, 9.17) is 21.8 Å². The van der Waals surface area contributed by atoms with Gasteiger partial charge in [-0.25, -0.2) is 13.6 Å². The summed E-state index contributed by atoms with van der Waals surface area (Å²) >= 11 is 5.58. The molecule has 0 heterocycles.